The van der Waals surface area contributed by atoms with Gasteiger partial charge in [-0.05, 0) is 19.3 Å². The Morgan fingerprint density at radius 2 is 2.18 bits per heavy atom. The lowest BCUT2D eigenvalue weighted by Crippen LogP contribution is -2.47. The Hall–Kier alpha value is -1.65. The lowest BCUT2D eigenvalue weighted by atomic mass is 10.1. The van der Waals surface area contributed by atoms with Gasteiger partial charge in [0.05, 0.1) is 6.54 Å². The number of halogens is 1. The van der Waals surface area contributed by atoms with Crippen LogP contribution in [0.4, 0.5) is 0 Å². The van der Waals surface area contributed by atoms with E-state index in [0.29, 0.717) is 18.5 Å². The fourth-order valence-corrected chi connectivity index (χ4v) is 3.34. The molecule has 1 aliphatic heterocycles. The first-order valence-corrected chi connectivity index (χ1v) is 10.1. The quantitative estimate of drug-likeness (QED) is 0.347. The number of hydrogen-bond acceptors (Lipinski definition) is 4. The van der Waals surface area contributed by atoms with Gasteiger partial charge >= 0.3 is 0 Å². The van der Waals surface area contributed by atoms with Gasteiger partial charge in [0.25, 0.3) is 0 Å². The Morgan fingerprint density at radius 1 is 1.36 bits per heavy atom. The third-order valence-corrected chi connectivity index (χ3v) is 4.65. The molecule has 0 spiro atoms. The van der Waals surface area contributed by atoms with Crippen molar-refractivity contribution in [1.29, 1.82) is 0 Å². The topological polar surface area (TPSA) is 84.9 Å². The van der Waals surface area contributed by atoms with Crippen LogP contribution >= 0.6 is 24.0 Å². The third-order valence-electron chi connectivity index (χ3n) is 4.65. The molecule has 3 rings (SSSR count). The number of nitrogens with zero attached hydrogens (tertiary/aromatic N) is 6. The third kappa shape index (κ3) is 5.92. The zero-order valence-electron chi connectivity index (χ0n) is 17.4. The fraction of sp³-hybridized carbons (Fsp3) is 0.684. The number of guanidine groups is 1. The molecule has 0 fully saturated rings. The largest absolute Gasteiger partial charge is 0.357 e. The number of imidazole rings is 1. The van der Waals surface area contributed by atoms with Gasteiger partial charge in [-0.15, -0.1) is 24.0 Å². The SMILES string of the molecule is CCNC(=NCc1nccn1CC(C)C)NC1CCc2nc(CC)nn2C1.I. The Morgan fingerprint density at radius 3 is 2.89 bits per heavy atom. The maximum absolute atomic E-state index is 4.76. The van der Waals surface area contributed by atoms with Crippen LogP contribution in [0, 0.1) is 5.92 Å². The molecule has 1 aliphatic rings. The van der Waals surface area contributed by atoms with Crippen molar-refractivity contribution in [1.82, 2.24) is 34.9 Å². The van der Waals surface area contributed by atoms with E-state index in [1.807, 2.05) is 17.1 Å². The van der Waals surface area contributed by atoms with Crippen molar-refractivity contribution in [3.63, 3.8) is 0 Å². The summed E-state index contributed by atoms with van der Waals surface area (Å²) in [5.74, 6) is 4.45. The second-order valence-electron chi connectivity index (χ2n) is 7.44. The van der Waals surface area contributed by atoms with Gasteiger partial charge in [-0.3, -0.25) is 0 Å². The molecule has 0 aliphatic carbocycles. The van der Waals surface area contributed by atoms with Crippen LogP contribution in [-0.2, 0) is 32.5 Å². The predicted octanol–water partition coefficient (Wildman–Crippen LogP) is 2.38. The minimum absolute atomic E-state index is 0. The van der Waals surface area contributed by atoms with E-state index in [1.54, 1.807) is 0 Å². The summed E-state index contributed by atoms with van der Waals surface area (Å²) in [4.78, 5) is 13.8. The van der Waals surface area contributed by atoms with Crippen LogP contribution in [0.2, 0.25) is 0 Å². The van der Waals surface area contributed by atoms with Crippen molar-refractivity contribution in [2.75, 3.05) is 6.54 Å². The van der Waals surface area contributed by atoms with Crippen LogP contribution in [0.5, 0.6) is 0 Å². The number of aryl methyl sites for hydroxylation is 2. The molecule has 2 aromatic rings. The molecule has 28 heavy (non-hydrogen) atoms. The molecule has 0 saturated carbocycles. The number of aromatic nitrogens is 5. The second-order valence-corrected chi connectivity index (χ2v) is 7.44. The van der Waals surface area contributed by atoms with E-state index in [4.69, 9.17) is 4.99 Å². The molecule has 1 atom stereocenters. The van der Waals surface area contributed by atoms with Gasteiger partial charge in [-0.2, -0.15) is 5.10 Å². The predicted molar refractivity (Wildman–Crippen MR) is 122 cm³/mol. The molecular weight excluding hydrogens is 467 g/mol. The van der Waals surface area contributed by atoms with E-state index in [9.17, 15) is 0 Å². The summed E-state index contributed by atoms with van der Waals surface area (Å²) >= 11 is 0. The van der Waals surface area contributed by atoms with Crippen molar-refractivity contribution in [3.05, 3.63) is 29.9 Å². The van der Waals surface area contributed by atoms with E-state index >= 15 is 0 Å². The molecule has 2 N–H and O–H groups in total. The highest BCUT2D eigenvalue weighted by molar-refractivity contribution is 14.0. The molecule has 1 unspecified atom stereocenters. The highest BCUT2D eigenvalue weighted by Crippen LogP contribution is 2.13. The minimum atomic E-state index is 0. The van der Waals surface area contributed by atoms with Crippen molar-refractivity contribution >= 4 is 29.9 Å². The summed E-state index contributed by atoms with van der Waals surface area (Å²) in [7, 11) is 0. The second kappa shape index (κ2) is 10.8. The number of hydrogen-bond donors (Lipinski definition) is 2. The smallest absolute Gasteiger partial charge is 0.191 e. The molecule has 9 heteroatoms. The molecule has 0 saturated heterocycles. The summed E-state index contributed by atoms with van der Waals surface area (Å²) < 4.78 is 4.23. The Bertz CT molecular complexity index is 764. The van der Waals surface area contributed by atoms with Gasteiger partial charge < -0.3 is 15.2 Å². The number of rotatable bonds is 7. The Labute approximate surface area is 184 Å². The fourth-order valence-electron chi connectivity index (χ4n) is 3.34. The zero-order chi connectivity index (χ0) is 19.2. The highest BCUT2D eigenvalue weighted by atomic mass is 127. The summed E-state index contributed by atoms with van der Waals surface area (Å²) in [5, 5.41) is 11.5. The van der Waals surface area contributed by atoms with E-state index in [-0.39, 0.29) is 24.0 Å². The van der Waals surface area contributed by atoms with Gasteiger partial charge in [0, 0.05) is 44.4 Å². The van der Waals surface area contributed by atoms with Crippen LogP contribution in [0.1, 0.15) is 51.6 Å². The summed E-state index contributed by atoms with van der Waals surface area (Å²) in [5.41, 5.74) is 0. The maximum Gasteiger partial charge on any atom is 0.191 e. The molecule has 156 valence electrons. The first-order chi connectivity index (χ1) is 13.1. The molecule has 3 heterocycles. The van der Waals surface area contributed by atoms with Crippen LogP contribution in [-0.4, -0.2) is 42.9 Å². The monoisotopic (exact) mass is 500 g/mol. The average molecular weight is 500 g/mol. The maximum atomic E-state index is 4.76. The lowest BCUT2D eigenvalue weighted by Gasteiger charge is -2.25. The Kier molecular flexibility index (Phi) is 8.71. The van der Waals surface area contributed by atoms with E-state index in [2.05, 4.69) is 58.0 Å². The molecular formula is C19H33IN8. The molecule has 0 bridgehead atoms. The molecule has 0 aromatic carbocycles. The molecule has 8 nitrogen and oxygen atoms in total. The molecule has 0 radical (unpaired) electrons. The van der Waals surface area contributed by atoms with Crippen molar-refractivity contribution in [2.45, 2.75) is 72.6 Å². The van der Waals surface area contributed by atoms with Crippen LogP contribution < -0.4 is 10.6 Å². The number of fused-ring (bicyclic) bond motifs is 1. The first-order valence-electron chi connectivity index (χ1n) is 10.1. The standard InChI is InChI=1S/C19H32N8.HI/c1-5-16-24-17-8-7-15(13-27(17)25-16)23-19(20-6-2)22-11-18-21-9-10-26(18)12-14(3)4;/h9-10,14-15H,5-8,11-13H2,1-4H3,(H2,20,22,23);1H. The minimum Gasteiger partial charge on any atom is -0.357 e. The molecule has 2 aromatic heterocycles. The summed E-state index contributed by atoms with van der Waals surface area (Å²) in [6.07, 6.45) is 6.75. The first kappa shape index (κ1) is 22.6. The van der Waals surface area contributed by atoms with Gasteiger partial charge in [0.15, 0.2) is 11.8 Å². The Balaban J connectivity index is 0.00000280. The van der Waals surface area contributed by atoms with Gasteiger partial charge in [-0.1, -0.05) is 20.8 Å². The van der Waals surface area contributed by atoms with Crippen molar-refractivity contribution in [3.8, 4) is 0 Å². The van der Waals surface area contributed by atoms with Crippen molar-refractivity contribution in [2.24, 2.45) is 10.9 Å². The zero-order valence-corrected chi connectivity index (χ0v) is 19.7. The normalized spacial score (nSPS) is 16.6. The average Bonchev–Trinajstić information content (AvgIpc) is 3.25. The van der Waals surface area contributed by atoms with E-state index < -0.39 is 0 Å². The summed E-state index contributed by atoms with van der Waals surface area (Å²) in [6.45, 7) is 11.8. The lowest BCUT2D eigenvalue weighted by molar-refractivity contribution is 0.392. The molecule has 0 amide bonds. The van der Waals surface area contributed by atoms with E-state index in [0.717, 1.165) is 62.3 Å². The number of aliphatic imine (C=N–C) groups is 1. The van der Waals surface area contributed by atoms with Gasteiger partial charge in [0.2, 0.25) is 0 Å². The van der Waals surface area contributed by atoms with Crippen LogP contribution in [0.15, 0.2) is 17.4 Å². The van der Waals surface area contributed by atoms with E-state index in [1.165, 1.54) is 0 Å². The van der Waals surface area contributed by atoms with Crippen molar-refractivity contribution < 1.29 is 0 Å². The van der Waals surface area contributed by atoms with Crippen LogP contribution in [0.3, 0.4) is 0 Å². The van der Waals surface area contributed by atoms with Gasteiger partial charge in [-0.25, -0.2) is 19.6 Å². The highest BCUT2D eigenvalue weighted by Gasteiger charge is 2.22. The van der Waals surface area contributed by atoms with Crippen LogP contribution in [0.25, 0.3) is 0 Å². The number of nitrogens with one attached hydrogen (secondary N) is 2. The van der Waals surface area contributed by atoms with Gasteiger partial charge in [0.1, 0.15) is 18.2 Å². The summed E-state index contributed by atoms with van der Waals surface area (Å²) in [6, 6.07) is 0.303.